The summed E-state index contributed by atoms with van der Waals surface area (Å²) in [4.78, 5) is 22.6. The van der Waals surface area contributed by atoms with Crippen LogP contribution in [-0.2, 0) is 11.3 Å². The molecule has 1 saturated carbocycles. The molecule has 1 aliphatic heterocycles. The highest BCUT2D eigenvalue weighted by Crippen LogP contribution is 2.46. The Hall–Kier alpha value is -2.71. The number of fused-ring (bicyclic) bond motifs is 3. The Balaban J connectivity index is 1.57. The van der Waals surface area contributed by atoms with Gasteiger partial charge in [0.2, 0.25) is 11.7 Å². The van der Waals surface area contributed by atoms with Crippen LogP contribution in [0.4, 0.5) is 0 Å². The van der Waals surface area contributed by atoms with E-state index in [4.69, 9.17) is 20.9 Å². The Morgan fingerprint density at radius 3 is 2.93 bits per heavy atom. The number of hydrogen-bond acceptors (Lipinski definition) is 6. The van der Waals surface area contributed by atoms with Crippen LogP contribution in [0.15, 0.2) is 33.8 Å². The average molecular weight is 426 g/mol. The maximum atomic E-state index is 13.6. The van der Waals surface area contributed by atoms with Crippen LogP contribution in [0.25, 0.3) is 28.1 Å². The van der Waals surface area contributed by atoms with Gasteiger partial charge in [-0.05, 0) is 43.4 Å². The summed E-state index contributed by atoms with van der Waals surface area (Å²) in [5, 5.41) is 4.69. The fourth-order valence-electron chi connectivity index (χ4n) is 4.37. The van der Waals surface area contributed by atoms with Gasteiger partial charge >= 0.3 is 0 Å². The average Bonchev–Trinajstić information content (AvgIpc) is 3.22. The van der Waals surface area contributed by atoms with Crippen molar-refractivity contribution in [3.8, 4) is 11.5 Å². The lowest BCUT2D eigenvalue weighted by atomic mass is 10.2. The van der Waals surface area contributed by atoms with Gasteiger partial charge in [0.05, 0.1) is 23.7 Å². The Morgan fingerprint density at radius 2 is 2.17 bits per heavy atom. The summed E-state index contributed by atoms with van der Waals surface area (Å²) in [6.45, 7) is 3.35. The zero-order chi connectivity index (χ0) is 20.4. The summed E-state index contributed by atoms with van der Waals surface area (Å²) in [5.41, 5.74) is 2.28. The Bertz CT molecular complexity index is 1330. The number of halogens is 1. The Kier molecular flexibility index (Phi) is 4.01. The van der Waals surface area contributed by atoms with Crippen molar-refractivity contribution in [3.05, 3.63) is 45.8 Å². The summed E-state index contributed by atoms with van der Waals surface area (Å²) >= 11 is 6.26. The first-order valence-electron chi connectivity index (χ1n) is 10.2. The molecule has 3 aromatic heterocycles. The van der Waals surface area contributed by atoms with Gasteiger partial charge < -0.3 is 13.8 Å². The number of benzene rings is 1. The maximum Gasteiger partial charge on any atom is 0.277 e. The van der Waals surface area contributed by atoms with Crippen LogP contribution >= 0.6 is 11.6 Å². The summed E-state index contributed by atoms with van der Waals surface area (Å²) in [6, 6.07) is 5.52. The molecule has 1 aliphatic carbocycles. The molecule has 154 valence electrons. The third-order valence-electron chi connectivity index (χ3n) is 6.19. The van der Waals surface area contributed by atoms with Gasteiger partial charge in [0.1, 0.15) is 17.5 Å². The lowest BCUT2D eigenvalue weighted by Crippen LogP contribution is -2.28. The van der Waals surface area contributed by atoms with Crippen LogP contribution in [0.5, 0.6) is 0 Å². The molecule has 30 heavy (non-hydrogen) atoms. The van der Waals surface area contributed by atoms with Crippen LogP contribution in [0, 0.1) is 5.92 Å². The predicted octanol–water partition coefficient (Wildman–Crippen LogP) is 3.66. The summed E-state index contributed by atoms with van der Waals surface area (Å²) < 4.78 is 14.8. The van der Waals surface area contributed by atoms with E-state index in [0.717, 1.165) is 36.9 Å². The van der Waals surface area contributed by atoms with Crippen LogP contribution < -0.4 is 5.56 Å². The molecule has 0 bridgehead atoms. The molecule has 0 N–H and O–H groups in total. The molecule has 0 spiro atoms. The molecular formula is C21H20ClN5O3. The zero-order valence-corrected chi connectivity index (χ0v) is 17.2. The fraction of sp³-hybridized carbons (Fsp3) is 0.429. The molecule has 1 saturated heterocycles. The molecule has 9 heteroatoms. The molecule has 0 amide bonds. The number of hydrogen-bond donors (Lipinski definition) is 0. The van der Waals surface area contributed by atoms with E-state index in [2.05, 4.69) is 22.0 Å². The lowest BCUT2D eigenvalue weighted by Gasteiger charge is -2.16. The number of aromatic nitrogens is 5. The minimum absolute atomic E-state index is 0.00633. The van der Waals surface area contributed by atoms with Gasteiger partial charge in [-0.2, -0.15) is 4.98 Å². The van der Waals surface area contributed by atoms with E-state index < -0.39 is 0 Å². The third kappa shape index (κ3) is 2.78. The molecule has 4 aromatic rings. The van der Waals surface area contributed by atoms with Crippen molar-refractivity contribution >= 4 is 28.2 Å². The van der Waals surface area contributed by atoms with Crippen molar-refractivity contribution in [2.24, 2.45) is 5.92 Å². The van der Waals surface area contributed by atoms with Crippen molar-refractivity contribution in [1.29, 1.82) is 0 Å². The second kappa shape index (κ2) is 6.65. The van der Waals surface area contributed by atoms with Gasteiger partial charge in [0.25, 0.3) is 5.56 Å². The van der Waals surface area contributed by atoms with Crippen molar-refractivity contribution in [2.75, 3.05) is 6.61 Å². The zero-order valence-electron chi connectivity index (χ0n) is 16.4. The number of rotatable bonds is 4. The molecule has 3 atom stereocenters. The van der Waals surface area contributed by atoms with Crippen LogP contribution in [0.3, 0.4) is 0 Å². The molecule has 6 rings (SSSR count). The Morgan fingerprint density at radius 1 is 1.30 bits per heavy atom. The van der Waals surface area contributed by atoms with Crippen LogP contribution in [-0.4, -0.2) is 36.8 Å². The molecule has 4 heterocycles. The maximum absolute atomic E-state index is 13.6. The molecule has 2 aliphatic rings. The molecule has 0 radical (unpaired) electrons. The third-order valence-corrected chi connectivity index (χ3v) is 6.43. The van der Waals surface area contributed by atoms with Gasteiger partial charge in [0.15, 0.2) is 0 Å². The van der Waals surface area contributed by atoms with E-state index in [9.17, 15) is 4.79 Å². The quantitative estimate of drug-likeness (QED) is 0.496. The second-order valence-electron chi connectivity index (χ2n) is 8.27. The van der Waals surface area contributed by atoms with Gasteiger partial charge in [-0.15, -0.1) is 0 Å². The lowest BCUT2D eigenvalue weighted by molar-refractivity contribution is 0.0973. The van der Waals surface area contributed by atoms with E-state index in [0.29, 0.717) is 46.3 Å². The van der Waals surface area contributed by atoms with Gasteiger partial charge in [0, 0.05) is 17.5 Å². The SMILES string of the molecule is CC1CC1c1nc(-c2ncn3c2c(=O)n(CC2CCCO2)c2cc(Cl)ccc23)no1. The normalized spacial score (nSPS) is 23.6. The summed E-state index contributed by atoms with van der Waals surface area (Å²) in [6.07, 6.45) is 4.62. The van der Waals surface area contributed by atoms with E-state index in [1.807, 2.05) is 18.2 Å². The minimum atomic E-state index is -0.168. The van der Waals surface area contributed by atoms with E-state index >= 15 is 0 Å². The van der Waals surface area contributed by atoms with E-state index in [-0.39, 0.29) is 11.7 Å². The highest BCUT2D eigenvalue weighted by Gasteiger charge is 2.39. The van der Waals surface area contributed by atoms with E-state index in [1.165, 1.54) is 0 Å². The minimum Gasteiger partial charge on any atom is -0.376 e. The first-order valence-corrected chi connectivity index (χ1v) is 10.6. The highest BCUT2D eigenvalue weighted by atomic mass is 35.5. The van der Waals surface area contributed by atoms with Crippen LogP contribution in [0.1, 0.15) is 38.0 Å². The van der Waals surface area contributed by atoms with Gasteiger partial charge in [-0.3, -0.25) is 9.20 Å². The van der Waals surface area contributed by atoms with Crippen molar-refractivity contribution in [1.82, 2.24) is 24.1 Å². The first kappa shape index (κ1) is 18.1. The summed E-state index contributed by atoms with van der Waals surface area (Å²) in [5.74, 6) is 1.82. The van der Waals surface area contributed by atoms with Crippen LogP contribution in [0.2, 0.25) is 5.02 Å². The van der Waals surface area contributed by atoms with Crippen molar-refractivity contribution in [3.63, 3.8) is 0 Å². The highest BCUT2D eigenvalue weighted by molar-refractivity contribution is 6.31. The topological polar surface area (TPSA) is 87.5 Å². The largest absolute Gasteiger partial charge is 0.376 e. The molecule has 2 fully saturated rings. The fourth-order valence-corrected chi connectivity index (χ4v) is 4.54. The first-order chi connectivity index (χ1) is 14.6. The number of ether oxygens (including phenoxy) is 1. The van der Waals surface area contributed by atoms with Gasteiger partial charge in [-0.25, -0.2) is 4.98 Å². The summed E-state index contributed by atoms with van der Waals surface area (Å²) in [7, 11) is 0. The molecular weight excluding hydrogens is 406 g/mol. The Labute approximate surface area is 176 Å². The molecule has 1 aromatic carbocycles. The van der Waals surface area contributed by atoms with Crippen molar-refractivity contribution in [2.45, 2.75) is 44.8 Å². The monoisotopic (exact) mass is 425 g/mol. The number of nitrogens with zero attached hydrogens (tertiary/aromatic N) is 5. The second-order valence-corrected chi connectivity index (χ2v) is 8.71. The molecule has 3 unspecified atom stereocenters. The van der Waals surface area contributed by atoms with Gasteiger partial charge in [-0.1, -0.05) is 23.7 Å². The van der Waals surface area contributed by atoms with E-state index in [1.54, 1.807) is 15.3 Å². The number of imidazole rings is 1. The standard InChI is InChI=1S/C21H20ClN5O3/c1-11-7-14(11)20-24-19(25-30-20)17-18-21(28)26(9-13-3-2-6-29-13)16-8-12(22)4-5-15(16)27(18)10-23-17/h4-5,8,10-11,13-14H,2-3,6-7,9H2,1H3. The smallest absolute Gasteiger partial charge is 0.277 e. The van der Waals surface area contributed by atoms with Crippen molar-refractivity contribution < 1.29 is 9.26 Å². The predicted molar refractivity (Wildman–Crippen MR) is 111 cm³/mol. The molecule has 8 nitrogen and oxygen atoms in total.